The molecular formula is C16H27N3O. The summed E-state index contributed by atoms with van der Waals surface area (Å²) in [6.45, 7) is 7.06. The molecule has 4 heteroatoms. The summed E-state index contributed by atoms with van der Waals surface area (Å²) in [5.41, 5.74) is 4.90. The van der Waals surface area contributed by atoms with Gasteiger partial charge in [0.05, 0.1) is 11.3 Å². The van der Waals surface area contributed by atoms with E-state index in [9.17, 15) is 4.79 Å². The predicted octanol–water partition coefficient (Wildman–Crippen LogP) is 3.23. The number of amides is 1. The Hall–Kier alpha value is -1.55. The Balaban J connectivity index is 2.64. The molecule has 1 aromatic rings. The molecule has 1 unspecified atom stereocenters. The molecule has 0 radical (unpaired) electrons. The molecule has 0 saturated heterocycles. The number of hydrazine groups is 1. The van der Waals surface area contributed by atoms with Crippen LogP contribution in [0.3, 0.4) is 0 Å². The second-order valence-electron chi connectivity index (χ2n) is 5.32. The molecule has 4 nitrogen and oxygen atoms in total. The number of aryl methyl sites for hydroxylation is 1. The molecule has 0 fully saturated rings. The van der Waals surface area contributed by atoms with Crippen molar-refractivity contribution >= 4 is 11.6 Å². The van der Waals surface area contributed by atoms with Crippen LogP contribution in [0.2, 0.25) is 0 Å². The molecule has 1 rings (SSSR count). The van der Waals surface area contributed by atoms with Gasteiger partial charge in [0.1, 0.15) is 0 Å². The van der Waals surface area contributed by atoms with Crippen molar-refractivity contribution in [3.63, 3.8) is 0 Å². The van der Waals surface area contributed by atoms with Crippen LogP contribution in [-0.4, -0.2) is 12.5 Å². The van der Waals surface area contributed by atoms with Crippen LogP contribution in [0.1, 0.15) is 55.5 Å². The molecule has 0 aliphatic carbocycles. The third kappa shape index (κ3) is 4.85. The van der Waals surface area contributed by atoms with Crippen LogP contribution in [0.25, 0.3) is 0 Å². The maximum absolute atomic E-state index is 12.3. The van der Waals surface area contributed by atoms with Crippen molar-refractivity contribution < 1.29 is 4.79 Å². The minimum Gasteiger partial charge on any atom is -0.352 e. The highest BCUT2D eigenvalue weighted by molar-refractivity contribution is 5.99. The molecule has 112 valence electrons. The van der Waals surface area contributed by atoms with Gasteiger partial charge in [0.15, 0.2) is 0 Å². The van der Waals surface area contributed by atoms with E-state index in [1.165, 1.54) is 19.3 Å². The zero-order chi connectivity index (χ0) is 15.0. The van der Waals surface area contributed by atoms with Gasteiger partial charge in [-0.25, -0.2) is 0 Å². The fourth-order valence-corrected chi connectivity index (χ4v) is 2.25. The van der Waals surface area contributed by atoms with Crippen LogP contribution >= 0.6 is 0 Å². The first-order chi connectivity index (χ1) is 9.62. The number of benzene rings is 1. The lowest BCUT2D eigenvalue weighted by Crippen LogP contribution is -2.30. The maximum Gasteiger partial charge on any atom is 0.253 e. The smallest absolute Gasteiger partial charge is 0.253 e. The SMILES string of the molecule is CCCCC(CC)CNC(=O)c1cc(C)ccc1NN. The number of nitrogens with one attached hydrogen (secondary N) is 2. The minimum absolute atomic E-state index is 0.0587. The largest absolute Gasteiger partial charge is 0.352 e. The van der Waals surface area contributed by atoms with Gasteiger partial charge in [-0.3, -0.25) is 10.6 Å². The van der Waals surface area contributed by atoms with E-state index in [0.717, 1.165) is 18.5 Å². The van der Waals surface area contributed by atoms with Crippen molar-refractivity contribution in [2.45, 2.75) is 46.5 Å². The van der Waals surface area contributed by atoms with Crippen LogP contribution < -0.4 is 16.6 Å². The summed E-state index contributed by atoms with van der Waals surface area (Å²) >= 11 is 0. The maximum atomic E-state index is 12.3. The van der Waals surface area contributed by atoms with Gasteiger partial charge >= 0.3 is 0 Å². The second kappa shape index (κ2) is 8.59. The fourth-order valence-electron chi connectivity index (χ4n) is 2.25. The van der Waals surface area contributed by atoms with Crippen LogP contribution in [0.15, 0.2) is 18.2 Å². The Morgan fingerprint density at radius 3 is 2.70 bits per heavy atom. The quantitative estimate of drug-likeness (QED) is 0.505. The molecule has 0 heterocycles. The fraction of sp³-hybridized carbons (Fsp3) is 0.562. The molecule has 20 heavy (non-hydrogen) atoms. The molecule has 0 aliphatic rings. The molecule has 1 atom stereocenters. The highest BCUT2D eigenvalue weighted by Gasteiger charge is 2.13. The number of carbonyl (C=O) groups excluding carboxylic acids is 1. The number of hydrogen-bond acceptors (Lipinski definition) is 3. The standard InChI is InChI=1S/C16H27N3O/c1-4-6-7-13(5-2)11-18-16(20)14-10-12(3)8-9-15(14)19-17/h8-10,13,19H,4-7,11,17H2,1-3H3,(H,18,20). The van der Waals surface area contributed by atoms with Crippen molar-refractivity contribution in [2.24, 2.45) is 11.8 Å². The summed E-state index contributed by atoms with van der Waals surface area (Å²) in [5, 5.41) is 3.03. The Kier molecular flexibility index (Phi) is 7.09. The van der Waals surface area contributed by atoms with Crippen LogP contribution in [-0.2, 0) is 0 Å². The van der Waals surface area contributed by atoms with Gasteiger partial charge in [0.2, 0.25) is 0 Å². The minimum atomic E-state index is -0.0587. The average Bonchev–Trinajstić information content (AvgIpc) is 2.47. The van der Waals surface area contributed by atoms with Gasteiger partial charge in [0, 0.05) is 6.54 Å². The number of nitrogens with two attached hydrogens (primary N) is 1. The number of rotatable bonds is 8. The number of anilines is 1. The summed E-state index contributed by atoms with van der Waals surface area (Å²) in [4.78, 5) is 12.3. The Labute approximate surface area is 122 Å². The van der Waals surface area contributed by atoms with Gasteiger partial charge in [-0.15, -0.1) is 0 Å². The zero-order valence-corrected chi connectivity index (χ0v) is 12.8. The molecule has 0 bridgehead atoms. The van der Waals surface area contributed by atoms with Crippen LogP contribution in [0.5, 0.6) is 0 Å². The molecule has 0 saturated carbocycles. The van der Waals surface area contributed by atoms with E-state index < -0.39 is 0 Å². The molecule has 1 aromatic carbocycles. The van der Waals surface area contributed by atoms with Crippen molar-refractivity contribution in [3.05, 3.63) is 29.3 Å². The van der Waals surface area contributed by atoms with Gasteiger partial charge in [-0.1, -0.05) is 44.7 Å². The first-order valence-electron chi connectivity index (χ1n) is 7.47. The molecule has 4 N–H and O–H groups in total. The number of unbranched alkanes of at least 4 members (excludes halogenated alkanes) is 1. The van der Waals surface area contributed by atoms with E-state index in [-0.39, 0.29) is 5.91 Å². The molecular weight excluding hydrogens is 250 g/mol. The summed E-state index contributed by atoms with van der Waals surface area (Å²) in [6.07, 6.45) is 4.68. The average molecular weight is 277 g/mol. The van der Waals surface area contributed by atoms with Crippen LogP contribution in [0.4, 0.5) is 5.69 Å². The first-order valence-corrected chi connectivity index (χ1v) is 7.47. The van der Waals surface area contributed by atoms with Crippen molar-refractivity contribution in [1.29, 1.82) is 0 Å². The second-order valence-corrected chi connectivity index (χ2v) is 5.32. The van der Waals surface area contributed by atoms with E-state index in [0.29, 0.717) is 17.2 Å². The van der Waals surface area contributed by atoms with Gasteiger partial charge < -0.3 is 10.7 Å². The summed E-state index contributed by atoms with van der Waals surface area (Å²) < 4.78 is 0. The van der Waals surface area contributed by atoms with Crippen molar-refractivity contribution in [1.82, 2.24) is 5.32 Å². The van der Waals surface area contributed by atoms with Crippen LogP contribution in [0, 0.1) is 12.8 Å². The number of hydrogen-bond donors (Lipinski definition) is 3. The number of nitrogen functional groups attached to an aromatic ring is 1. The molecule has 1 amide bonds. The zero-order valence-electron chi connectivity index (χ0n) is 12.8. The highest BCUT2D eigenvalue weighted by Crippen LogP contribution is 2.17. The molecule has 0 aromatic heterocycles. The lowest BCUT2D eigenvalue weighted by atomic mass is 9.99. The first kappa shape index (κ1) is 16.5. The number of carbonyl (C=O) groups is 1. The summed E-state index contributed by atoms with van der Waals surface area (Å²) in [5.74, 6) is 5.95. The Bertz CT molecular complexity index is 432. The molecule has 0 spiro atoms. The van der Waals surface area contributed by atoms with E-state index in [1.807, 2.05) is 25.1 Å². The normalized spacial score (nSPS) is 12.0. The van der Waals surface area contributed by atoms with Gasteiger partial charge in [-0.05, 0) is 31.4 Å². The highest BCUT2D eigenvalue weighted by atomic mass is 16.1. The van der Waals surface area contributed by atoms with Crippen molar-refractivity contribution in [2.75, 3.05) is 12.0 Å². The topological polar surface area (TPSA) is 67.2 Å². The Morgan fingerprint density at radius 1 is 1.35 bits per heavy atom. The lowest BCUT2D eigenvalue weighted by Gasteiger charge is -2.16. The van der Waals surface area contributed by atoms with E-state index in [1.54, 1.807) is 0 Å². The van der Waals surface area contributed by atoms with E-state index in [4.69, 9.17) is 5.84 Å². The lowest BCUT2D eigenvalue weighted by molar-refractivity contribution is 0.0946. The third-order valence-electron chi connectivity index (χ3n) is 3.67. The Morgan fingerprint density at radius 2 is 2.10 bits per heavy atom. The third-order valence-corrected chi connectivity index (χ3v) is 3.67. The molecule has 0 aliphatic heterocycles. The predicted molar refractivity (Wildman–Crippen MR) is 84.6 cm³/mol. The summed E-state index contributed by atoms with van der Waals surface area (Å²) in [7, 11) is 0. The van der Waals surface area contributed by atoms with E-state index >= 15 is 0 Å². The summed E-state index contributed by atoms with van der Waals surface area (Å²) in [6, 6.07) is 5.62. The van der Waals surface area contributed by atoms with Gasteiger partial charge in [-0.2, -0.15) is 0 Å². The van der Waals surface area contributed by atoms with Crippen molar-refractivity contribution in [3.8, 4) is 0 Å². The monoisotopic (exact) mass is 277 g/mol. The van der Waals surface area contributed by atoms with E-state index in [2.05, 4.69) is 24.6 Å². The van der Waals surface area contributed by atoms with Gasteiger partial charge in [0.25, 0.3) is 5.91 Å².